The highest BCUT2D eigenvalue weighted by molar-refractivity contribution is 7.84. The summed E-state index contributed by atoms with van der Waals surface area (Å²) in [5.41, 5.74) is 0. The fourth-order valence-electron chi connectivity index (χ4n) is 0.851. The minimum absolute atomic E-state index is 0.151. The second-order valence-electron chi connectivity index (χ2n) is 4.19. The molecule has 0 radical (unpaired) electrons. The molecule has 2 nitrogen and oxygen atoms in total. The molecule has 1 N–H and O–H groups in total. The second kappa shape index (κ2) is 4.97. The second-order valence-corrected chi connectivity index (χ2v) is 6.19. The van der Waals surface area contributed by atoms with Gasteiger partial charge in [-0.25, -0.2) is 8.93 Å². The summed E-state index contributed by atoms with van der Waals surface area (Å²) in [6.45, 7) is 10.2. The van der Waals surface area contributed by atoms with Crippen LogP contribution in [-0.4, -0.2) is 15.0 Å². The Bertz CT molecular complexity index is 151. The average Bonchev–Trinajstić information content (AvgIpc) is 1.85. The van der Waals surface area contributed by atoms with Crippen LogP contribution in [0.3, 0.4) is 0 Å². The molecule has 74 valence electrons. The summed E-state index contributed by atoms with van der Waals surface area (Å²) in [6, 6.07) is 0.357. The van der Waals surface area contributed by atoms with Gasteiger partial charge in [-0.1, -0.05) is 13.3 Å². The fourth-order valence-corrected chi connectivity index (χ4v) is 1.69. The quantitative estimate of drug-likeness (QED) is 0.725. The molecule has 0 bridgehead atoms. The van der Waals surface area contributed by atoms with E-state index in [1.54, 1.807) is 0 Å². The number of hydrogen-bond donors (Lipinski definition) is 1. The van der Waals surface area contributed by atoms with Crippen molar-refractivity contribution >= 4 is 11.0 Å². The van der Waals surface area contributed by atoms with E-state index < -0.39 is 11.0 Å². The van der Waals surface area contributed by atoms with Gasteiger partial charge in [-0.05, 0) is 34.1 Å². The lowest BCUT2D eigenvalue weighted by Gasteiger charge is -2.21. The third-order valence-corrected chi connectivity index (χ3v) is 3.31. The van der Waals surface area contributed by atoms with E-state index in [-0.39, 0.29) is 4.75 Å². The molecule has 0 fully saturated rings. The van der Waals surface area contributed by atoms with Crippen molar-refractivity contribution in [1.29, 1.82) is 0 Å². The zero-order valence-corrected chi connectivity index (χ0v) is 9.62. The van der Waals surface area contributed by atoms with Gasteiger partial charge in [0.25, 0.3) is 0 Å². The number of nitrogens with one attached hydrogen (secondary N) is 1. The van der Waals surface area contributed by atoms with E-state index in [1.165, 1.54) is 0 Å². The summed E-state index contributed by atoms with van der Waals surface area (Å²) >= 11 is 0. The zero-order valence-electron chi connectivity index (χ0n) is 8.81. The summed E-state index contributed by atoms with van der Waals surface area (Å²) in [6.07, 6.45) is 2.22. The van der Waals surface area contributed by atoms with Crippen molar-refractivity contribution in [3.05, 3.63) is 0 Å². The molecule has 0 aliphatic carbocycles. The first-order valence-corrected chi connectivity index (χ1v) is 5.71. The molecular formula is C9H21NOS. The van der Waals surface area contributed by atoms with Crippen LogP contribution in [0.4, 0.5) is 0 Å². The van der Waals surface area contributed by atoms with E-state index in [0.717, 1.165) is 12.8 Å². The molecule has 0 heterocycles. The van der Waals surface area contributed by atoms with E-state index >= 15 is 0 Å². The maximum absolute atomic E-state index is 11.5. The van der Waals surface area contributed by atoms with Gasteiger partial charge in [0, 0.05) is 6.04 Å². The summed E-state index contributed by atoms with van der Waals surface area (Å²) in [5, 5.41) is 0. The maximum Gasteiger partial charge on any atom is 0.0972 e. The summed E-state index contributed by atoms with van der Waals surface area (Å²) in [7, 11) is -0.919. The maximum atomic E-state index is 11.5. The molecule has 0 spiro atoms. The van der Waals surface area contributed by atoms with Gasteiger partial charge in [0.15, 0.2) is 0 Å². The smallest absolute Gasteiger partial charge is 0.0972 e. The Balaban J connectivity index is 3.85. The third kappa shape index (κ3) is 4.88. The molecule has 3 heteroatoms. The van der Waals surface area contributed by atoms with Crippen LogP contribution in [0.25, 0.3) is 0 Å². The largest absolute Gasteiger partial charge is 0.242 e. The van der Waals surface area contributed by atoms with Crippen molar-refractivity contribution in [3.63, 3.8) is 0 Å². The number of rotatable bonds is 4. The molecule has 0 aliphatic rings. The summed E-state index contributed by atoms with van der Waals surface area (Å²) in [5.74, 6) is 0. The van der Waals surface area contributed by atoms with Crippen molar-refractivity contribution in [3.8, 4) is 0 Å². The normalized spacial score (nSPS) is 17.4. The Morgan fingerprint density at radius 2 is 1.92 bits per heavy atom. The molecular weight excluding hydrogens is 170 g/mol. The van der Waals surface area contributed by atoms with Crippen LogP contribution in [0.15, 0.2) is 0 Å². The molecule has 0 saturated heterocycles. The first kappa shape index (κ1) is 12.1. The molecule has 2 atom stereocenters. The van der Waals surface area contributed by atoms with Gasteiger partial charge in [0.2, 0.25) is 0 Å². The van der Waals surface area contributed by atoms with Gasteiger partial charge in [-0.15, -0.1) is 0 Å². The molecule has 0 aromatic heterocycles. The minimum atomic E-state index is -0.919. The number of hydrogen-bond acceptors (Lipinski definition) is 1. The lowest BCUT2D eigenvalue weighted by molar-refractivity contribution is 0.576. The monoisotopic (exact) mass is 191 g/mol. The van der Waals surface area contributed by atoms with Crippen molar-refractivity contribution in [2.75, 3.05) is 0 Å². The first-order valence-electron chi connectivity index (χ1n) is 4.56. The molecule has 0 unspecified atom stereocenters. The molecule has 0 saturated carbocycles. The Kier molecular flexibility index (Phi) is 5.02. The Hall–Kier alpha value is 0.110. The molecule has 0 aromatic carbocycles. The predicted molar refractivity (Wildman–Crippen MR) is 55.4 cm³/mol. The molecule has 0 aliphatic heterocycles. The van der Waals surface area contributed by atoms with Crippen molar-refractivity contribution in [2.24, 2.45) is 0 Å². The standard InChI is InChI=1S/C9H21NOS/c1-6-7-8(2)10-12(11)9(3,4)5/h8,10H,6-7H2,1-5H3/t8-,12+/m1/s1. The average molecular weight is 191 g/mol. The van der Waals surface area contributed by atoms with E-state index in [2.05, 4.69) is 18.6 Å². The van der Waals surface area contributed by atoms with Crippen LogP contribution in [0.2, 0.25) is 0 Å². The highest BCUT2D eigenvalue weighted by Crippen LogP contribution is 2.10. The fraction of sp³-hybridized carbons (Fsp3) is 1.00. The predicted octanol–water partition coefficient (Wildman–Crippen LogP) is 2.23. The Morgan fingerprint density at radius 1 is 1.42 bits per heavy atom. The molecule has 0 aromatic rings. The van der Waals surface area contributed by atoms with Crippen molar-refractivity contribution in [2.45, 2.75) is 58.2 Å². The topological polar surface area (TPSA) is 29.1 Å². The van der Waals surface area contributed by atoms with E-state index in [9.17, 15) is 4.21 Å². The molecule has 12 heavy (non-hydrogen) atoms. The van der Waals surface area contributed by atoms with Gasteiger partial charge in [-0.2, -0.15) is 0 Å². The van der Waals surface area contributed by atoms with E-state index in [4.69, 9.17) is 0 Å². The van der Waals surface area contributed by atoms with Gasteiger partial charge in [-0.3, -0.25) is 0 Å². The molecule has 0 rings (SSSR count). The van der Waals surface area contributed by atoms with Crippen LogP contribution >= 0.6 is 0 Å². The molecule has 0 amide bonds. The van der Waals surface area contributed by atoms with Gasteiger partial charge in [0.05, 0.1) is 15.7 Å². The van der Waals surface area contributed by atoms with Gasteiger partial charge < -0.3 is 0 Å². The van der Waals surface area contributed by atoms with Gasteiger partial charge in [0.1, 0.15) is 0 Å². The zero-order chi connectivity index (χ0) is 9.78. The highest BCUT2D eigenvalue weighted by Gasteiger charge is 2.20. The Labute approximate surface area is 78.7 Å². The SMILES string of the molecule is CCC[C@@H](C)N[S@@](=O)C(C)(C)C. The highest BCUT2D eigenvalue weighted by atomic mass is 32.2. The minimum Gasteiger partial charge on any atom is -0.242 e. The van der Waals surface area contributed by atoms with Crippen LogP contribution in [0.5, 0.6) is 0 Å². The van der Waals surface area contributed by atoms with Crippen LogP contribution in [-0.2, 0) is 11.0 Å². The van der Waals surface area contributed by atoms with Crippen LogP contribution in [0.1, 0.15) is 47.5 Å². The summed E-state index contributed by atoms with van der Waals surface area (Å²) < 4.78 is 14.5. The lowest BCUT2D eigenvalue weighted by atomic mass is 10.2. The first-order chi connectivity index (χ1) is 5.38. The Morgan fingerprint density at radius 3 is 2.25 bits per heavy atom. The van der Waals surface area contributed by atoms with Crippen LogP contribution < -0.4 is 4.72 Å². The van der Waals surface area contributed by atoms with E-state index in [1.807, 2.05) is 20.8 Å². The summed E-state index contributed by atoms with van der Waals surface area (Å²) in [4.78, 5) is 0. The third-order valence-electron chi connectivity index (χ3n) is 1.59. The van der Waals surface area contributed by atoms with Crippen LogP contribution in [0, 0.1) is 0 Å². The van der Waals surface area contributed by atoms with Crippen molar-refractivity contribution in [1.82, 2.24) is 4.72 Å². The van der Waals surface area contributed by atoms with Crippen molar-refractivity contribution < 1.29 is 4.21 Å². The lowest BCUT2D eigenvalue weighted by Crippen LogP contribution is -2.38. The van der Waals surface area contributed by atoms with Gasteiger partial charge >= 0.3 is 0 Å². The van der Waals surface area contributed by atoms with E-state index in [0.29, 0.717) is 6.04 Å².